The monoisotopic (exact) mass is 259 g/mol. The van der Waals surface area contributed by atoms with Crippen LogP contribution >= 0.6 is 11.3 Å². The van der Waals surface area contributed by atoms with Crippen LogP contribution in [0, 0.1) is 6.92 Å². The van der Waals surface area contributed by atoms with E-state index in [9.17, 15) is 4.79 Å². The van der Waals surface area contributed by atoms with E-state index in [2.05, 4.69) is 4.98 Å². The molecule has 2 heterocycles. The quantitative estimate of drug-likeness (QED) is 0.799. The number of nitrogens with two attached hydrogens (primary N) is 1. The lowest BCUT2D eigenvalue weighted by molar-refractivity contribution is 0.0992. The Labute approximate surface area is 109 Å². The molecule has 5 heteroatoms. The predicted molar refractivity (Wildman–Crippen MR) is 73.1 cm³/mol. The van der Waals surface area contributed by atoms with Gasteiger partial charge in [0.25, 0.3) is 5.91 Å². The van der Waals surface area contributed by atoms with Crippen LogP contribution in [0.15, 0.2) is 23.7 Å². The summed E-state index contributed by atoms with van der Waals surface area (Å²) in [6.45, 7) is 2.58. The van der Waals surface area contributed by atoms with E-state index >= 15 is 0 Å². The van der Waals surface area contributed by atoms with Crippen LogP contribution in [0.1, 0.15) is 20.9 Å². The third kappa shape index (κ3) is 1.67. The molecule has 2 N–H and O–H groups in total. The van der Waals surface area contributed by atoms with Gasteiger partial charge in [0, 0.05) is 17.9 Å². The zero-order valence-corrected chi connectivity index (χ0v) is 10.8. The van der Waals surface area contributed by atoms with Crippen molar-refractivity contribution >= 4 is 28.6 Å². The Hall–Kier alpha value is -1.88. The number of nitrogen functional groups attached to an aromatic ring is 1. The smallest absolute Gasteiger partial charge is 0.270 e. The molecule has 0 bridgehead atoms. The average molecular weight is 259 g/mol. The number of thiazole rings is 1. The largest absolute Gasteiger partial charge is 0.399 e. The molecular formula is C13H13N3OS. The van der Waals surface area contributed by atoms with E-state index in [-0.39, 0.29) is 5.91 Å². The van der Waals surface area contributed by atoms with Crippen molar-refractivity contribution in [2.45, 2.75) is 13.3 Å². The zero-order valence-electron chi connectivity index (χ0n) is 10.0. The molecule has 1 amide bonds. The Balaban J connectivity index is 2.00. The Bertz CT molecular complexity index is 620. The van der Waals surface area contributed by atoms with Crippen molar-refractivity contribution in [2.24, 2.45) is 0 Å². The maximum Gasteiger partial charge on any atom is 0.270 e. The third-order valence-corrected chi connectivity index (χ3v) is 4.11. The Morgan fingerprint density at radius 2 is 2.33 bits per heavy atom. The predicted octanol–water partition coefficient (Wildman–Crippen LogP) is 2.24. The minimum absolute atomic E-state index is 0.0272. The highest BCUT2D eigenvalue weighted by Crippen LogP contribution is 2.32. The summed E-state index contributed by atoms with van der Waals surface area (Å²) >= 11 is 1.39. The van der Waals surface area contributed by atoms with Gasteiger partial charge in [0.1, 0.15) is 4.88 Å². The molecule has 0 saturated heterocycles. The van der Waals surface area contributed by atoms with Crippen LogP contribution < -0.4 is 10.6 Å². The molecular weight excluding hydrogens is 246 g/mol. The van der Waals surface area contributed by atoms with E-state index < -0.39 is 0 Å². The minimum Gasteiger partial charge on any atom is -0.399 e. The fourth-order valence-corrected chi connectivity index (χ4v) is 2.99. The Kier molecular flexibility index (Phi) is 2.56. The number of amides is 1. The van der Waals surface area contributed by atoms with Gasteiger partial charge in [0.15, 0.2) is 0 Å². The zero-order chi connectivity index (χ0) is 12.7. The summed E-state index contributed by atoms with van der Waals surface area (Å²) in [6.07, 6.45) is 0.888. The van der Waals surface area contributed by atoms with Crippen molar-refractivity contribution < 1.29 is 4.79 Å². The molecule has 0 spiro atoms. The first kappa shape index (κ1) is 11.2. The number of carbonyl (C=O) groups is 1. The van der Waals surface area contributed by atoms with E-state index in [1.807, 2.05) is 25.1 Å². The van der Waals surface area contributed by atoms with Gasteiger partial charge in [0.05, 0.1) is 11.2 Å². The molecule has 0 atom stereocenters. The van der Waals surface area contributed by atoms with Crippen molar-refractivity contribution in [3.63, 3.8) is 0 Å². The summed E-state index contributed by atoms with van der Waals surface area (Å²) in [7, 11) is 0. The summed E-state index contributed by atoms with van der Waals surface area (Å²) < 4.78 is 0. The van der Waals surface area contributed by atoms with Crippen LogP contribution in [0.4, 0.5) is 11.4 Å². The van der Waals surface area contributed by atoms with Crippen molar-refractivity contribution in [3.05, 3.63) is 39.8 Å². The standard InChI is InChI=1S/C13H13N3OS/c1-8-12(18-7-15-8)13(17)16-5-4-9-2-3-10(14)6-11(9)16/h2-3,6-7H,4-5,14H2,1H3. The van der Waals surface area contributed by atoms with E-state index in [0.29, 0.717) is 10.6 Å². The first-order valence-corrected chi connectivity index (χ1v) is 6.65. The molecule has 2 aromatic rings. The van der Waals surface area contributed by atoms with E-state index in [0.717, 1.165) is 24.3 Å². The van der Waals surface area contributed by atoms with Crippen molar-refractivity contribution in [1.82, 2.24) is 4.98 Å². The lowest BCUT2D eigenvalue weighted by Crippen LogP contribution is -2.28. The molecule has 18 heavy (non-hydrogen) atoms. The lowest BCUT2D eigenvalue weighted by Gasteiger charge is -2.16. The van der Waals surface area contributed by atoms with Crippen LogP contribution in [-0.4, -0.2) is 17.4 Å². The lowest BCUT2D eigenvalue weighted by atomic mass is 10.1. The second kappa shape index (κ2) is 4.10. The van der Waals surface area contributed by atoms with Crippen LogP contribution in [0.3, 0.4) is 0 Å². The number of benzene rings is 1. The SMILES string of the molecule is Cc1ncsc1C(=O)N1CCc2ccc(N)cc21. The molecule has 0 saturated carbocycles. The van der Waals surface area contributed by atoms with Gasteiger partial charge >= 0.3 is 0 Å². The van der Waals surface area contributed by atoms with E-state index in [1.165, 1.54) is 16.9 Å². The number of anilines is 2. The van der Waals surface area contributed by atoms with E-state index in [4.69, 9.17) is 5.73 Å². The van der Waals surface area contributed by atoms with Crippen LogP contribution in [0.5, 0.6) is 0 Å². The number of nitrogens with zero attached hydrogens (tertiary/aromatic N) is 2. The second-order valence-corrected chi connectivity index (χ2v) is 5.22. The fraction of sp³-hybridized carbons (Fsp3) is 0.231. The fourth-order valence-electron chi connectivity index (χ4n) is 2.24. The number of carbonyl (C=O) groups excluding carboxylic acids is 1. The van der Waals surface area contributed by atoms with Gasteiger partial charge in [-0.2, -0.15) is 0 Å². The minimum atomic E-state index is 0.0272. The molecule has 0 radical (unpaired) electrons. The summed E-state index contributed by atoms with van der Waals surface area (Å²) in [6, 6.07) is 5.75. The maximum atomic E-state index is 12.5. The Morgan fingerprint density at radius 3 is 3.06 bits per heavy atom. The topological polar surface area (TPSA) is 59.2 Å². The summed E-state index contributed by atoms with van der Waals surface area (Å²) in [5.74, 6) is 0.0272. The van der Waals surface area contributed by atoms with Gasteiger partial charge in [-0.25, -0.2) is 4.98 Å². The second-order valence-electron chi connectivity index (χ2n) is 4.36. The summed E-state index contributed by atoms with van der Waals surface area (Å²) in [5, 5.41) is 0. The van der Waals surface area contributed by atoms with Crippen molar-refractivity contribution in [3.8, 4) is 0 Å². The van der Waals surface area contributed by atoms with Gasteiger partial charge in [-0.05, 0) is 31.0 Å². The Morgan fingerprint density at radius 1 is 1.50 bits per heavy atom. The van der Waals surface area contributed by atoms with E-state index in [1.54, 1.807) is 10.4 Å². The first-order chi connectivity index (χ1) is 8.66. The number of aryl methyl sites for hydroxylation is 1. The molecule has 1 aromatic heterocycles. The molecule has 1 aliphatic rings. The molecule has 3 rings (SSSR count). The molecule has 0 fully saturated rings. The van der Waals surface area contributed by atoms with Crippen LogP contribution in [-0.2, 0) is 6.42 Å². The van der Waals surface area contributed by atoms with Crippen LogP contribution in [0.2, 0.25) is 0 Å². The number of hydrogen-bond acceptors (Lipinski definition) is 4. The van der Waals surface area contributed by atoms with Gasteiger partial charge in [-0.15, -0.1) is 11.3 Å². The summed E-state index contributed by atoms with van der Waals surface area (Å²) in [4.78, 5) is 19.1. The molecule has 1 aliphatic heterocycles. The van der Waals surface area contributed by atoms with Gasteiger partial charge in [0.2, 0.25) is 0 Å². The highest BCUT2D eigenvalue weighted by Gasteiger charge is 2.27. The van der Waals surface area contributed by atoms with Gasteiger partial charge in [-0.3, -0.25) is 4.79 Å². The van der Waals surface area contributed by atoms with Gasteiger partial charge in [-0.1, -0.05) is 6.07 Å². The molecule has 4 nitrogen and oxygen atoms in total. The van der Waals surface area contributed by atoms with Crippen molar-refractivity contribution in [2.75, 3.05) is 17.2 Å². The average Bonchev–Trinajstić information content (AvgIpc) is 2.94. The molecule has 1 aromatic carbocycles. The number of fused-ring (bicyclic) bond motifs is 1. The highest BCUT2D eigenvalue weighted by atomic mass is 32.1. The van der Waals surface area contributed by atoms with Crippen LogP contribution in [0.25, 0.3) is 0 Å². The summed E-state index contributed by atoms with van der Waals surface area (Å²) in [5.41, 5.74) is 11.1. The molecule has 0 unspecified atom stereocenters. The number of rotatable bonds is 1. The maximum absolute atomic E-state index is 12.5. The van der Waals surface area contributed by atoms with Crippen molar-refractivity contribution in [1.29, 1.82) is 0 Å². The molecule has 0 aliphatic carbocycles. The van der Waals surface area contributed by atoms with Gasteiger partial charge < -0.3 is 10.6 Å². The first-order valence-electron chi connectivity index (χ1n) is 5.77. The number of hydrogen-bond donors (Lipinski definition) is 1. The highest BCUT2D eigenvalue weighted by molar-refractivity contribution is 7.12. The molecule has 92 valence electrons. The normalized spacial score (nSPS) is 13.7. The number of aromatic nitrogens is 1. The third-order valence-electron chi connectivity index (χ3n) is 3.19.